The molecule has 19 heavy (non-hydrogen) atoms. The van der Waals surface area contributed by atoms with Crippen molar-refractivity contribution in [3.05, 3.63) is 0 Å². The van der Waals surface area contributed by atoms with Crippen LogP contribution in [0, 0.1) is 0 Å². The first-order valence-corrected chi connectivity index (χ1v) is 6.95. The van der Waals surface area contributed by atoms with Gasteiger partial charge in [0, 0.05) is 19.8 Å². The first-order valence-electron chi connectivity index (χ1n) is 5.90. The van der Waals surface area contributed by atoms with Crippen LogP contribution in [-0.4, -0.2) is 70.1 Å². The van der Waals surface area contributed by atoms with Gasteiger partial charge < -0.3 is 15.3 Å². The highest BCUT2D eigenvalue weighted by Gasteiger charge is 2.40. The maximum atomic E-state index is 12.1. The van der Waals surface area contributed by atoms with Gasteiger partial charge in [0.2, 0.25) is 5.91 Å². The number of carbonyl (C=O) groups is 3. The third kappa shape index (κ3) is 3.52. The molecule has 0 saturated carbocycles. The number of urea groups is 1. The van der Waals surface area contributed by atoms with Crippen LogP contribution >= 0.6 is 11.8 Å². The molecule has 2 N–H and O–H groups in total. The molecule has 7 nitrogen and oxygen atoms in total. The maximum Gasteiger partial charge on any atom is 0.327 e. The molecule has 0 radical (unpaired) electrons. The van der Waals surface area contributed by atoms with Gasteiger partial charge in [0.1, 0.15) is 12.1 Å². The van der Waals surface area contributed by atoms with Gasteiger partial charge in [-0.15, -0.1) is 11.8 Å². The zero-order chi connectivity index (χ0) is 14.7. The van der Waals surface area contributed by atoms with Crippen LogP contribution in [0.4, 0.5) is 4.79 Å². The lowest BCUT2D eigenvalue weighted by molar-refractivity contribution is -0.141. The molecule has 1 heterocycles. The molecule has 3 unspecified atom stereocenters. The second-order valence-electron chi connectivity index (χ2n) is 4.60. The molecule has 108 valence electrons. The van der Waals surface area contributed by atoms with E-state index in [-0.39, 0.29) is 11.3 Å². The lowest BCUT2D eigenvalue weighted by Gasteiger charge is -2.27. The van der Waals surface area contributed by atoms with Gasteiger partial charge in [-0.3, -0.25) is 9.69 Å². The number of likely N-dealkylation sites (N-methyl/N-ethyl adjacent to an activating group) is 1. The van der Waals surface area contributed by atoms with Crippen molar-refractivity contribution in [1.29, 1.82) is 0 Å². The number of amides is 3. The van der Waals surface area contributed by atoms with Crippen molar-refractivity contribution in [2.45, 2.75) is 31.3 Å². The summed E-state index contributed by atoms with van der Waals surface area (Å²) < 4.78 is 0. The van der Waals surface area contributed by atoms with Gasteiger partial charge in [0.05, 0.1) is 5.37 Å². The number of carboxylic acid groups (broad SMARTS) is 1. The Morgan fingerprint density at radius 2 is 2.00 bits per heavy atom. The number of carboxylic acids is 1. The summed E-state index contributed by atoms with van der Waals surface area (Å²) >= 11 is 1.40. The summed E-state index contributed by atoms with van der Waals surface area (Å²) in [6.45, 7) is 3.34. The summed E-state index contributed by atoms with van der Waals surface area (Å²) in [5.74, 6) is -0.904. The minimum Gasteiger partial charge on any atom is -0.480 e. The van der Waals surface area contributed by atoms with E-state index >= 15 is 0 Å². The molecule has 0 aliphatic carbocycles. The number of nitrogens with one attached hydrogen (secondary N) is 1. The summed E-state index contributed by atoms with van der Waals surface area (Å²) in [5.41, 5.74) is 0. The highest BCUT2D eigenvalue weighted by molar-refractivity contribution is 8.00. The van der Waals surface area contributed by atoms with Crippen LogP contribution in [0.3, 0.4) is 0 Å². The lowest BCUT2D eigenvalue weighted by Crippen LogP contribution is -2.54. The van der Waals surface area contributed by atoms with E-state index in [1.165, 1.54) is 21.6 Å². The molecule has 1 saturated heterocycles. The Morgan fingerprint density at radius 3 is 2.47 bits per heavy atom. The summed E-state index contributed by atoms with van der Waals surface area (Å²) in [6, 6.07) is -2.05. The molecule has 1 rings (SSSR count). The average Bonchev–Trinajstić information content (AvgIpc) is 2.69. The van der Waals surface area contributed by atoms with Crippen LogP contribution in [0.15, 0.2) is 0 Å². The summed E-state index contributed by atoms with van der Waals surface area (Å²) in [5, 5.41) is 11.4. The zero-order valence-corrected chi connectivity index (χ0v) is 12.2. The average molecular weight is 289 g/mol. The molecule has 3 atom stereocenters. The van der Waals surface area contributed by atoms with Crippen molar-refractivity contribution < 1.29 is 19.5 Å². The normalized spacial score (nSPS) is 23.9. The summed E-state index contributed by atoms with van der Waals surface area (Å²) in [4.78, 5) is 37.5. The molecule has 8 heteroatoms. The second-order valence-corrected chi connectivity index (χ2v) is 5.95. The fraction of sp³-hybridized carbons (Fsp3) is 0.727. The minimum atomic E-state index is -1.03. The van der Waals surface area contributed by atoms with Gasteiger partial charge in [-0.05, 0) is 13.8 Å². The van der Waals surface area contributed by atoms with E-state index in [0.29, 0.717) is 5.75 Å². The van der Waals surface area contributed by atoms with Crippen molar-refractivity contribution in [2.24, 2.45) is 0 Å². The van der Waals surface area contributed by atoms with Crippen molar-refractivity contribution in [3.63, 3.8) is 0 Å². The molecule has 0 spiro atoms. The van der Waals surface area contributed by atoms with Crippen LogP contribution in [0.2, 0.25) is 0 Å². The maximum absolute atomic E-state index is 12.1. The van der Waals surface area contributed by atoms with Crippen LogP contribution in [0.5, 0.6) is 0 Å². The van der Waals surface area contributed by atoms with E-state index in [1.54, 1.807) is 27.9 Å². The van der Waals surface area contributed by atoms with Crippen LogP contribution in [-0.2, 0) is 9.59 Å². The zero-order valence-electron chi connectivity index (χ0n) is 11.4. The first kappa shape index (κ1) is 15.6. The molecule has 0 aromatic heterocycles. The highest BCUT2D eigenvalue weighted by atomic mass is 32.2. The van der Waals surface area contributed by atoms with E-state index in [1.807, 2.05) is 0 Å². The number of hydrogen-bond acceptors (Lipinski definition) is 4. The Balaban J connectivity index is 2.71. The van der Waals surface area contributed by atoms with Gasteiger partial charge >= 0.3 is 12.0 Å². The summed E-state index contributed by atoms with van der Waals surface area (Å²) in [6.07, 6.45) is 0. The van der Waals surface area contributed by atoms with Crippen LogP contribution in [0.25, 0.3) is 0 Å². The number of aliphatic carboxylic acids is 1. The predicted molar refractivity (Wildman–Crippen MR) is 71.9 cm³/mol. The van der Waals surface area contributed by atoms with E-state index in [2.05, 4.69) is 5.32 Å². The molecule has 0 bridgehead atoms. The fourth-order valence-electron chi connectivity index (χ4n) is 1.85. The number of carbonyl (C=O) groups excluding carboxylic acids is 2. The molecule has 1 fully saturated rings. The third-order valence-electron chi connectivity index (χ3n) is 2.89. The van der Waals surface area contributed by atoms with Gasteiger partial charge in [-0.25, -0.2) is 9.59 Å². The second kappa shape index (κ2) is 6.14. The SMILES string of the molecule is CC(NC(=O)N1C(C)SCC1C(=O)O)C(=O)N(C)C. The first-order chi connectivity index (χ1) is 8.75. The van der Waals surface area contributed by atoms with Gasteiger partial charge in [0.15, 0.2) is 0 Å². The number of rotatable bonds is 3. The number of hydrogen-bond donors (Lipinski definition) is 2. The van der Waals surface area contributed by atoms with Gasteiger partial charge in [-0.1, -0.05) is 0 Å². The topological polar surface area (TPSA) is 90.0 Å². The van der Waals surface area contributed by atoms with E-state index in [4.69, 9.17) is 5.11 Å². The standard InChI is InChI=1S/C11H19N3O4S/c1-6(9(15)13(3)4)12-11(18)14-7(2)19-5-8(14)10(16)17/h6-8H,5H2,1-4H3,(H,12,18)(H,16,17). The molecular formula is C11H19N3O4S. The Labute approximate surface area is 116 Å². The predicted octanol–water partition coefficient (Wildman–Crippen LogP) is 0.0207. The van der Waals surface area contributed by atoms with Crippen molar-refractivity contribution in [1.82, 2.24) is 15.1 Å². The van der Waals surface area contributed by atoms with Crippen molar-refractivity contribution in [3.8, 4) is 0 Å². The van der Waals surface area contributed by atoms with E-state index in [0.717, 1.165) is 0 Å². The fourth-order valence-corrected chi connectivity index (χ4v) is 3.02. The molecule has 1 aliphatic heterocycles. The Kier molecular flexibility index (Phi) is 5.04. The van der Waals surface area contributed by atoms with E-state index in [9.17, 15) is 14.4 Å². The number of thioether (sulfide) groups is 1. The Bertz CT molecular complexity index is 388. The highest BCUT2D eigenvalue weighted by Crippen LogP contribution is 2.28. The summed E-state index contributed by atoms with van der Waals surface area (Å²) in [7, 11) is 3.19. The third-order valence-corrected chi connectivity index (χ3v) is 4.11. The monoisotopic (exact) mass is 289 g/mol. The minimum absolute atomic E-state index is 0.220. The lowest BCUT2D eigenvalue weighted by atomic mass is 10.2. The smallest absolute Gasteiger partial charge is 0.327 e. The molecule has 0 aromatic carbocycles. The van der Waals surface area contributed by atoms with Crippen LogP contribution < -0.4 is 5.32 Å². The van der Waals surface area contributed by atoms with Crippen molar-refractivity contribution in [2.75, 3.05) is 19.8 Å². The van der Waals surface area contributed by atoms with Gasteiger partial charge in [-0.2, -0.15) is 0 Å². The molecular weight excluding hydrogens is 270 g/mol. The number of nitrogens with zero attached hydrogens (tertiary/aromatic N) is 2. The van der Waals surface area contributed by atoms with E-state index < -0.39 is 24.1 Å². The largest absolute Gasteiger partial charge is 0.480 e. The Morgan fingerprint density at radius 1 is 1.42 bits per heavy atom. The molecule has 1 aliphatic rings. The van der Waals surface area contributed by atoms with Gasteiger partial charge in [0.25, 0.3) is 0 Å². The quantitative estimate of drug-likeness (QED) is 0.764. The molecule has 3 amide bonds. The Hall–Kier alpha value is -1.44. The van der Waals surface area contributed by atoms with Crippen molar-refractivity contribution >= 4 is 29.7 Å². The molecule has 0 aromatic rings. The van der Waals surface area contributed by atoms with Crippen LogP contribution in [0.1, 0.15) is 13.8 Å².